The molecule has 17 heavy (non-hydrogen) atoms. The van der Waals surface area contributed by atoms with Crippen LogP contribution < -0.4 is 5.73 Å². The smallest absolute Gasteiger partial charge is 0.263 e. The Balaban J connectivity index is 2.11. The van der Waals surface area contributed by atoms with Gasteiger partial charge in [-0.2, -0.15) is 0 Å². The lowest BCUT2D eigenvalue weighted by atomic mass is 9.79. The van der Waals surface area contributed by atoms with Gasteiger partial charge in [-0.05, 0) is 24.0 Å². The van der Waals surface area contributed by atoms with Crippen LogP contribution in [0, 0.1) is 5.41 Å². The summed E-state index contributed by atoms with van der Waals surface area (Å²) in [5, 5.41) is 0. The topological polar surface area (TPSA) is 46.3 Å². The Kier molecular flexibility index (Phi) is 3.48. The van der Waals surface area contributed by atoms with E-state index in [-0.39, 0.29) is 17.4 Å². The largest absolute Gasteiger partial charge is 0.337 e. The number of piperidine rings is 1. The second kappa shape index (κ2) is 4.59. The highest BCUT2D eigenvalue weighted by Crippen LogP contribution is 2.30. The Morgan fingerprint density at radius 3 is 2.82 bits per heavy atom. The van der Waals surface area contributed by atoms with Crippen molar-refractivity contribution in [2.45, 2.75) is 26.3 Å². The lowest BCUT2D eigenvalue weighted by Gasteiger charge is -2.42. The average molecular weight is 273 g/mol. The number of amides is 1. The molecule has 0 saturated carbocycles. The highest BCUT2D eigenvalue weighted by atomic mass is 35.5. The molecule has 2 rings (SSSR count). The van der Waals surface area contributed by atoms with E-state index in [1.54, 1.807) is 12.1 Å². The van der Waals surface area contributed by atoms with Crippen molar-refractivity contribution in [2.24, 2.45) is 11.1 Å². The minimum absolute atomic E-state index is 0.0189. The molecule has 1 aliphatic rings. The fourth-order valence-corrected chi connectivity index (χ4v) is 3.14. The van der Waals surface area contributed by atoms with Crippen LogP contribution in [0.4, 0.5) is 0 Å². The summed E-state index contributed by atoms with van der Waals surface area (Å²) < 4.78 is 0.654. The van der Waals surface area contributed by atoms with Gasteiger partial charge in [-0.3, -0.25) is 4.79 Å². The van der Waals surface area contributed by atoms with Gasteiger partial charge < -0.3 is 10.6 Å². The Labute approximate surface area is 111 Å². The second-order valence-corrected chi connectivity index (χ2v) is 6.93. The summed E-state index contributed by atoms with van der Waals surface area (Å²) >= 11 is 7.18. The number of halogens is 1. The molecule has 1 aliphatic heterocycles. The van der Waals surface area contributed by atoms with Gasteiger partial charge in [0.15, 0.2) is 0 Å². The van der Waals surface area contributed by atoms with Crippen molar-refractivity contribution >= 4 is 28.8 Å². The summed E-state index contributed by atoms with van der Waals surface area (Å²) in [7, 11) is 0. The molecule has 0 bridgehead atoms. The van der Waals surface area contributed by atoms with E-state index in [4.69, 9.17) is 17.3 Å². The molecule has 1 aromatic rings. The molecule has 1 atom stereocenters. The molecule has 0 radical (unpaired) electrons. The molecule has 0 aromatic carbocycles. The molecule has 1 amide bonds. The van der Waals surface area contributed by atoms with E-state index in [2.05, 4.69) is 13.8 Å². The summed E-state index contributed by atoms with van der Waals surface area (Å²) in [5.41, 5.74) is 6.04. The number of hydrogen-bond donors (Lipinski definition) is 1. The van der Waals surface area contributed by atoms with E-state index < -0.39 is 0 Å². The van der Waals surface area contributed by atoms with E-state index >= 15 is 0 Å². The standard InChI is InChI=1S/C12H17ClN2OS/c1-12(2)7-15(6-5-9(12)14)11(16)8-3-4-10(13)17-8/h3-4,9H,5-7,14H2,1-2H3. The molecular formula is C12H17ClN2OS. The van der Waals surface area contributed by atoms with Gasteiger partial charge in [0.05, 0.1) is 9.21 Å². The Morgan fingerprint density at radius 1 is 1.59 bits per heavy atom. The quantitative estimate of drug-likeness (QED) is 0.854. The number of nitrogens with zero attached hydrogens (tertiary/aromatic N) is 1. The van der Waals surface area contributed by atoms with Gasteiger partial charge >= 0.3 is 0 Å². The normalized spacial score (nSPS) is 23.8. The molecular weight excluding hydrogens is 256 g/mol. The first-order valence-corrected chi connectivity index (χ1v) is 6.90. The molecule has 2 N–H and O–H groups in total. The Hall–Kier alpha value is -0.580. The van der Waals surface area contributed by atoms with Crippen molar-refractivity contribution in [2.75, 3.05) is 13.1 Å². The fourth-order valence-electron chi connectivity index (χ4n) is 2.13. The van der Waals surface area contributed by atoms with Crippen molar-refractivity contribution in [1.29, 1.82) is 0 Å². The summed E-state index contributed by atoms with van der Waals surface area (Å²) in [4.78, 5) is 14.8. The van der Waals surface area contributed by atoms with Gasteiger partial charge in [0, 0.05) is 19.1 Å². The van der Waals surface area contributed by atoms with Crippen molar-refractivity contribution in [1.82, 2.24) is 4.90 Å². The third kappa shape index (κ3) is 2.64. The van der Waals surface area contributed by atoms with Gasteiger partial charge in [-0.1, -0.05) is 25.4 Å². The maximum atomic E-state index is 12.2. The highest BCUT2D eigenvalue weighted by Gasteiger charge is 2.35. The highest BCUT2D eigenvalue weighted by molar-refractivity contribution is 7.17. The third-order valence-electron chi connectivity index (χ3n) is 3.38. The van der Waals surface area contributed by atoms with Crippen LogP contribution in [0.2, 0.25) is 4.34 Å². The van der Waals surface area contributed by atoms with Gasteiger partial charge in [-0.25, -0.2) is 0 Å². The monoisotopic (exact) mass is 272 g/mol. The lowest BCUT2D eigenvalue weighted by Crippen LogP contribution is -2.53. The number of nitrogens with two attached hydrogens (primary N) is 1. The molecule has 1 fully saturated rings. The van der Waals surface area contributed by atoms with Crippen molar-refractivity contribution in [3.8, 4) is 0 Å². The molecule has 3 nitrogen and oxygen atoms in total. The first-order chi connectivity index (χ1) is 7.90. The Morgan fingerprint density at radius 2 is 2.29 bits per heavy atom. The fraction of sp³-hybridized carbons (Fsp3) is 0.583. The number of thiophene rings is 1. The summed E-state index contributed by atoms with van der Waals surface area (Å²) in [6.45, 7) is 5.67. The van der Waals surface area contributed by atoms with Gasteiger partial charge in [0.1, 0.15) is 0 Å². The van der Waals surface area contributed by atoms with Crippen LogP contribution in [0.25, 0.3) is 0 Å². The minimum atomic E-state index is -0.0189. The third-order valence-corrected chi connectivity index (χ3v) is 4.60. The lowest BCUT2D eigenvalue weighted by molar-refractivity contribution is 0.0537. The molecule has 1 saturated heterocycles. The van der Waals surface area contributed by atoms with Gasteiger partial charge in [0.2, 0.25) is 0 Å². The molecule has 2 heterocycles. The zero-order valence-corrected chi connectivity index (χ0v) is 11.6. The van der Waals surface area contributed by atoms with Crippen LogP contribution in [-0.2, 0) is 0 Å². The van der Waals surface area contributed by atoms with E-state index in [1.807, 2.05) is 4.90 Å². The van der Waals surface area contributed by atoms with Crippen LogP contribution in [0.15, 0.2) is 12.1 Å². The zero-order chi connectivity index (χ0) is 12.6. The van der Waals surface area contributed by atoms with Crippen LogP contribution in [0.3, 0.4) is 0 Å². The maximum Gasteiger partial charge on any atom is 0.263 e. The number of carbonyl (C=O) groups excluding carboxylic acids is 1. The molecule has 0 aliphatic carbocycles. The van der Waals surface area contributed by atoms with Crippen LogP contribution >= 0.6 is 22.9 Å². The van der Waals surface area contributed by atoms with Gasteiger partial charge in [-0.15, -0.1) is 11.3 Å². The molecule has 1 aromatic heterocycles. The number of rotatable bonds is 1. The molecule has 0 spiro atoms. The summed E-state index contributed by atoms with van der Waals surface area (Å²) in [5.74, 6) is 0.0712. The number of hydrogen-bond acceptors (Lipinski definition) is 3. The number of carbonyl (C=O) groups is 1. The van der Waals surface area contributed by atoms with E-state index in [0.29, 0.717) is 15.8 Å². The SMILES string of the molecule is CC1(C)CN(C(=O)c2ccc(Cl)s2)CCC1N. The van der Waals surface area contributed by atoms with E-state index in [1.165, 1.54) is 11.3 Å². The van der Waals surface area contributed by atoms with Crippen LogP contribution in [0.1, 0.15) is 29.9 Å². The molecule has 94 valence electrons. The minimum Gasteiger partial charge on any atom is -0.337 e. The first kappa shape index (κ1) is 12.9. The van der Waals surface area contributed by atoms with Crippen LogP contribution in [-0.4, -0.2) is 29.9 Å². The van der Waals surface area contributed by atoms with Crippen LogP contribution in [0.5, 0.6) is 0 Å². The Bertz CT molecular complexity index is 430. The average Bonchev–Trinajstić information content (AvgIpc) is 2.68. The van der Waals surface area contributed by atoms with Crippen molar-refractivity contribution in [3.05, 3.63) is 21.3 Å². The summed E-state index contributed by atoms with van der Waals surface area (Å²) in [6, 6.07) is 3.72. The van der Waals surface area contributed by atoms with E-state index in [9.17, 15) is 4.79 Å². The number of likely N-dealkylation sites (tertiary alicyclic amines) is 1. The first-order valence-electron chi connectivity index (χ1n) is 5.70. The predicted molar refractivity (Wildman–Crippen MR) is 71.6 cm³/mol. The predicted octanol–water partition coefficient (Wildman–Crippen LogP) is 2.60. The zero-order valence-electron chi connectivity index (χ0n) is 10.1. The van der Waals surface area contributed by atoms with Crippen molar-refractivity contribution < 1.29 is 4.79 Å². The summed E-state index contributed by atoms with van der Waals surface area (Å²) in [6.07, 6.45) is 0.859. The second-order valence-electron chi connectivity index (χ2n) is 5.21. The maximum absolute atomic E-state index is 12.2. The molecule has 1 unspecified atom stereocenters. The van der Waals surface area contributed by atoms with Gasteiger partial charge in [0.25, 0.3) is 5.91 Å². The van der Waals surface area contributed by atoms with Crippen molar-refractivity contribution in [3.63, 3.8) is 0 Å². The molecule has 5 heteroatoms. The van der Waals surface area contributed by atoms with E-state index in [0.717, 1.165) is 13.0 Å².